The first-order valence-electron chi connectivity index (χ1n) is 10.5. The summed E-state index contributed by atoms with van der Waals surface area (Å²) in [5, 5.41) is 4.30. The van der Waals surface area contributed by atoms with E-state index in [-0.39, 0.29) is 6.61 Å². The van der Waals surface area contributed by atoms with Crippen LogP contribution in [0.3, 0.4) is 0 Å². The largest absolute Gasteiger partial charge is 0.463 e. The zero-order valence-corrected chi connectivity index (χ0v) is 19.5. The van der Waals surface area contributed by atoms with Gasteiger partial charge in [-0.25, -0.2) is 9.78 Å². The molecule has 2 aliphatic heterocycles. The second kappa shape index (κ2) is 10.0. The molecule has 1 unspecified atom stereocenters. The molecule has 2 aromatic rings. The van der Waals surface area contributed by atoms with Gasteiger partial charge in [0.15, 0.2) is 11.7 Å². The summed E-state index contributed by atoms with van der Waals surface area (Å²) in [6.07, 6.45) is 3.55. The average molecular weight is 478 g/mol. The number of nitrogens with one attached hydrogen (secondary N) is 1. The zero-order valence-electron chi connectivity index (χ0n) is 18.0. The summed E-state index contributed by atoms with van der Waals surface area (Å²) in [5.74, 6) is 0.786. The van der Waals surface area contributed by atoms with Crippen molar-refractivity contribution in [3.05, 3.63) is 63.3 Å². The first kappa shape index (κ1) is 22.8. The number of carbonyl (C=O) groups excluding carboxylic acids is 1. The molecule has 0 saturated carbocycles. The van der Waals surface area contributed by atoms with Gasteiger partial charge in [0, 0.05) is 60.4 Å². The van der Waals surface area contributed by atoms with Gasteiger partial charge in [0.25, 0.3) is 0 Å². The molecule has 1 fully saturated rings. The topological polar surface area (TPSA) is 81.0 Å². The lowest BCUT2D eigenvalue weighted by Crippen LogP contribution is -2.43. The molecule has 32 heavy (non-hydrogen) atoms. The molecule has 10 heteroatoms. The first-order chi connectivity index (χ1) is 15.5. The molecule has 1 N–H and O–H groups in total. The molecule has 170 valence electrons. The minimum atomic E-state index is -0.664. The van der Waals surface area contributed by atoms with Crippen molar-refractivity contribution in [2.24, 2.45) is 12.0 Å². The number of morpholine rings is 1. The standard InChI is InChI=1S/C22H25Cl2N5O3/c1-3-32-22(30)18-17(13-29-8-10-31-11-9-29)26-20(21-25-6-7-28(21)2)27-19(18)15-5-4-14(23)12-16(15)24/h4-7,12,19H,3,8-11,13H2,1-2H3,(H,26,27). The number of hydrogen-bond donors (Lipinski definition) is 1. The number of hydrogen-bond acceptors (Lipinski definition) is 7. The normalized spacial score (nSPS) is 19.5. The lowest BCUT2D eigenvalue weighted by molar-refractivity contribution is -0.139. The summed E-state index contributed by atoms with van der Waals surface area (Å²) in [7, 11) is 1.89. The van der Waals surface area contributed by atoms with Crippen LogP contribution < -0.4 is 5.32 Å². The fourth-order valence-corrected chi connectivity index (χ4v) is 4.32. The molecule has 2 aliphatic rings. The van der Waals surface area contributed by atoms with Crippen LogP contribution in [0.5, 0.6) is 0 Å². The molecule has 3 heterocycles. The molecule has 0 bridgehead atoms. The first-order valence-corrected chi connectivity index (χ1v) is 11.2. The number of carbonyl (C=O) groups is 1. The number of rotatable bonds is 6. The van der Waals surface area contributed by atoms with E-state index in [1.807, 2.05) is 17.8 Å². The summed E-state index contributed by atoms with van der Waals surface area (Å²) in [5.41, 5.74) is 1.82. The Kier molecular flexibility index (Phi) is 7.15. The Bertz CT molecular complexity index is 1060. The van der Waals surface area contributed by atoms with E-state index in [0.29, 0.717) is 52.6 Å². The van der Waals surface area contributed by atoms with Crippen LogP contribution in [0.1, 0.15) is 24.4 Å². The minimum Gasteiger partial charge on any atom is -0.463 e. The molecule has 0 radical (unpaired) electrons. The fourth-order valence-electron chi connectivity index (χ4n) is 3.81. The highest BCUT2D eigenvalue weighted by atomic mass is 35.5. The lowest BCUT2D eigenvalue weighted by Gasteiger charge is -2.32. The molecule has 0 aliphatic carbocycles. The van der Waals surface area contributed by atoms with Gasteiger partial charge in [-0.3, -0.25) is 9.89 Å². The second-order valence-electron chi connectivity index (χ2n) is 7.53. The number of benzene rings is 1. The van der Waals surface area contributed by atoms with E-state index in [1.54, 1.807) is 31.3 Å². The van der Waals surface area contributed by atoms with Gasteiger partial charge in [-0.2, -0.15) is 0 Å². The van der Waals surface area contributed by atoms with E-state index in [4.69, 9.17) is 37.7 Å². The second-order valence-corrected chi connectivity index (χ2v) is 8.38. The monoisotopic (exact) mass is 477 g/mol. The van der Waals surface area contributed by atoms with Crippen molar-refractivity contribution in [2.75, 3.05) is 39.5 Å². The smallest absolute Gasteiger partial charge is 0.338 e. The molecule has 1 atom stereocenters. The van der Waals surface area contributed by atoms with Crippen LogP contribution in [0.25, 0.3) is 0 Å². The van der Waals surface area contributed by atoms with Gasteiger partial charge < -0.3 is 19.4 Å². The van der Waals surface area contributed by atoms with Crippen LogP contribution in [0.4, 0.5) is 0 Å². The summed E-state index contributed by atoms with van der Waals surface area (Å²) < 4.78 is 12.8. The van der Waals surface area contributed by atoms with Crippen molar-refractivity contribution in [1.29, 1.82) is 0 Å². The highest BCUT2D eigenvalue weighted by Crippen LogP contribution is 2.37. The SMILES string of the molecule is CCOC(=O)C1=C(CN2CCOCC2)NC(c2nccn2C)=NC1c1ccc(Cl)cc1Cl. The Labute approximate surface area is 196 Å². The van der Waals surface area contributed by atoms with Gasteiger partial charge in [0.1, 0.15) is 6.04 Å². The summed E-state index contributed by atoms with van der Waals surface area (Å²) in [6.45, 7) is 5.38. The number of imidazole rings is 1. The summed E-state index contributed by atoms with van der Waals surface area (Å²) >= 11 is 12.7. The number of ether oxygens (including phenoxy) is 2. The van der Waals surface area contributed by atoms with Gasteiger partial charge in [0.05, 0.1) is 25.4 Å². The van der Waals surface area contributed by atoms with Crippen LogP contribution in [-0.2, 0) is 21.3 Å². The number of aromatic nitrogens is 2. The molecule has 0 amide bonds. The lowest BCUT2D eigenvalue weighted by atomic mass is 9.95. The minimum absolute atomic E-state index is 0.254. The maximum atomic E-state index is 13.1. The number of aryl methyl sites for hydroxylation is 1. The van der Waals surface area contributed by atoms with Crippen molar-refractivity contribution in [3.8, 4) is 0 Å². The zero-order chi connectivity index (χ0) is 22.7. The number of nitrogens with zero attached hydrogens (tertiary/aromatic N) is 4. The Morgan fingerprint density at radius 2 is 2.09 bits per heavy atom. The van der Waals surface area contributed by atoms with Crippen LogP contribution in [-0.4, -0.2) is 65.7 Å². The van der Waals surface area contributed by atoms with Crippen LogP contribution >= 0.6 is 23.2 Å². The quantitative estimate of drug-likeness (QED) is 0.644. The fraction of sp³-hybridized carbons (Fsp3) is 0.409. The van der Waals surface area contributed by atoms with Gasteiger partial charge in [-0.05, 0) is 19.1 Å². The maximum Gasteiger partial charge on any atom is 0.338 e. The van der Waals surface area contributed by atoms with Crippen LogP contribution in [0.15, 0.2) is 46.9 Å². The summed E-state index contributed by atoms with van der Waals surface area (Å²) in [6, 6.07) is 4.53. The van der Waals surface area contributed by atoms with Gasteiger partial charge >= 0.3 is 5.97 Å². The molecule has 4 rings (SSSR count). The van der Waals surface area contributed by atoms with Crippen LogP contribution in [0.2, 0.25) is 10.0 Å². The number of aliphatic imine (C=N–C) groups is 1. The third-order valence-electron chi connectivity index (χ3n) is 5.40. The molecule has 8 nitrogen and oxygen atoms in total. The van der Waals surface area contributed by atoms with Crippen molar-refractivity contribution in [2.45, 2.75) is 13.0 Å². The van der Waals surface area contributed by atoms with Gasteiger partial charge in [-0.15, -0.1) is 0 Å². The van der Waals surface area contributed by atoms with Crippen molar-refractivity contribution in [1.82, 2.24) is 19.8 Å². The van der Waals surface area contributed by atoms with Crippen molar-refractivity contribution in [3.63, 3.8) is 0 Å². The molecular weight excluding hydrogens is 453 g/mol. The molecule has 1 saturated heterocycles. The molecule has 1 aromatic carbocycles. The highest BCUT2D eigenvalue weighted by Gasteiger charge is 2.35. The molecule has 1 aromatic heterocycles. The van der Waals surface area contributed by atoms with E-state index in [9.17, 15) is 4.79 Å². The molecular formula is C22H25Cl2N5O3. The molecule has 0 spiro atoms. The van der Waals surface area contributed by atoms with E-state index < -0.39 is 12.0 Å². The average Bonchev–Trinajstić information content (AvgIpc) is 3.20. The van der Waals surface area contributed by atoms with E-state index >= 15 is 0 Å². The Morgan fingerprint density at radius 1 is 1.31 bits per heavy atom. The Morgan fingerprint density at radius 3 is 2.75 bits per heavy atom. The van der Waals surface area contributed by atoms with E-state index in [1.165, 1.54) is 0 Å². The predicted octanol–water partition coefficient (Wildman–Crippen LogP) is 2.97. The van der Waals surface area contributed by atoms with Crippen molar-refractivity contribution >= 4 is 35.0 Å². The van der Waals surface area contributed by atoms with E-state index in [2.05, 4.69) is 15.2 Å². The highest BCUT2D eigenvalue weighted by molar-refractivity contribution is 6.35. The Balaban J connectivity index is 1.83. The number of halogens is 2. The maximum absolute atomic E-state index is 13.1. The predicted molar refractivity (Wildman–Crippen MR) is 123 cm³/mol. The van der Waals surface area contributed by atoms with Crippen LogP contribution in [0, 0.1) is 0 Å². The van der Waals surface area contributed by atoms with Gasteiger partial charge in [-0.1, -0.05) is 29.3 Å². The van der Waals surface area contributed by atoms with E-state index in [0.717, 1.165) is 18.8 Å². The van der Waals surface area contributed by atoms with Gasteiger partial charge in [0.2, 0.25) is 0 Å². The summed E-state index contributed by atoms with van der Waals surface area (Å²) in [4.78, 5) is 24.7. The third-order valence-corrected chi connectivity index (χ3v) is 5.96. The number of esters is 1. The van der Waals surface area contributed by atoms with Crippen molar-refractivity contribution < 1.29 is 14.3 Å². The Hall–Kier alpha value is -2.39. The number of amidine groups is 1. The third kappa shape index (κ3) is 4.83.